The summed E-state index contributed by atoms with van der Waals surface area (Å²) in [5, 5.41) is 1.82. The second kappa shape index (κ2) is 5.33. The summed E-state index contributed by atoms with van der Waals surface area (Å²) in [5.74, 6) is 0.262. The van der Waals surface area contributed by atoms with Gasteiger partial charge in [0.05, 0.1) is 11.7 Å². The van der Waals surface area contributed by atoms with Crippen LogP contribution in [-0.2, 0) is 10.0 Å². The van der Waals surface area contributed by atoms with E-state index in [0.29, 0.717) is 4.21 Å². The Labute approximate surface area is 141 Å². The molecule has 2 atom stereocenters. The van der Waals surface area contributed by atoms with Crippen molar-refractivity contribution in [2.75, 3.05) is 24.4 Å². The van der Waals surface area contributed by atoms with Crippen molar-refractivity contribution in [3.8, 4) is 0 Å². The highest BCUT2D eigenvalue weighted by molar-refractivity contribution is 7.94. The summed E-state index contributed by atoms with van der Waals surface area (Å²) in [6, 6.07) is 9.70. The van der Waals surface area contributed by atoms with Gasteiger partial charge in [0.2, 0.25) is 0 Å². The highest BCUT2D eigenvalue weighted by Gasteiger charge is 2.46. The third-order valence-electron chi connectivity index (χ3n) is 4.91. The number of aryl methyl sites for hydroxylation is 1. The summed E-state index contributed by atoms with van der Waals surface area (Å²) >= 11 is 1.29. The molecule has 4 nitrogen and oxygen atoms in total. The van der Waals surface area contributed by atoms with Crippen LogP contribution in [-0.4, -0.2) is 39.5 Å². The van der Waals surface area contributed by atoms with Crippen molar-refractivity contribution in [3.63, 3.8) is 0 Å². The first-order valence-electron chi connectivity index (χ1n) is 7.85. The van der Waals surface area contributed by atoms with Crippen LogP contribution < -0.4 is 4.31 Å². The number of likely N-dealkylation sites (tertiary alicyclic amines) is 1. The molecule has 2 aliphatic heterocycles. The third kappa shape index (κ3) is 2.31. The minimum absolute atomic E-state index is 0.0371. The van der Waals surface area contributed by atoms with Gasteiger partial charge < -0.3 is 4.90 Å². The van der Waals surface area contributed by atoms with E-state index < -0.39 is 10.0 Å². The fourth-order valence-electron chi connectivity index (χ4n) is 3.85. The van der Waals surface area contributed by atoms with Gasteiger partial charge in [0, 0.05) is 12.5 Å². The normalized spacial score (nSPS) is 24.5. The Morgan fingerprint density at radius 2 is 2.09 bits per heavy atom. The van der Waals surface area contributed by atoms with E-state index in [-0.39, 0.29) is 12.0 Å². The zero-order valence-electron chi connectivity index (χ0n) is 13.3. The number of hydrogen-bond donors (Lipinski definition) is 0. The first-order chi connectivity index (χ1) is 11.0. The fourth-order valence-corrected chi connectivity index (χ4v) is 6.67. The molecule has 122 valence electrons. The predicted octanol–water partition coefficient (Wildman–Crippen LogP) is 3.05. The maximum atomic E-state index is 13.2. The van der Waals surface area contributed by atoms with Crippen LogP contribution in [0.3, 0.4) is 0 Å². The molecular formula is C17H20N2O2S2. The van der Waals surface area contributed by atoms with Gasteiger partial charge in [-0.05, 0) is 50.0 Å². The van der Waals surface area contributed by atoms with Crippen molar-refractivity contribution in [2.24, 2.45) is 0 Å². The van der Waals surface area contributed by atoms with E-state index in [1.54, 1.807) is 16.4 Å². The standard InChI is InChI=1S/C17H20N2O2S2/c1-12-5-6-15-13(10-12)14-11-18(2)8-7-16(14)19(15)23(20,21)17-4-3-9-22-17/h3-6,9-10,14,16H,7-8,11H2,1-2H3/t14-,16-/m0/s1. The molecule has 0 aliphatic carbocycles. The highest BCUT2D eigenvalue weighted by Crippen LogP contribution is 2.47. The molecule has 1 fully saturated rings. The van der Waals surface area contributed by atoms with Crippen LogP contribution in [0.5, 0.6) is 0 Å². The van der Waals surface area contributed by atoms with E-state index in [2.05, 4.69) is 24.9 Å². The molecule has 0 saturated carbocycles. The van der Waals surface area contributed by atoms with E-state index in [1.165, 1.54) is 22.5 Å². The second-order valence-corrected chi connectivity index (χ2v) is 9.51. The zero-order chi connectivity index (χ0) is 16.2. The number of nitrogens with zero attached hydrogens (tertiary/aromatic N) is 2. The van der Waals surface area contributed by atoms with E-state index >= 15 is 0 Å². The highest BCUT2D eigenvalue weighted by atomic mass is 32.2. The summed E-state index contributed by atoms with van der Waals surface area (Å²) in [6.45, 7) is 3.92. The Balaban J connectivity index is 1.87. The molecular weight excluding hydrogens is 328 g/mol. The van der Waals surface area contributed by atoms with Crippen molar-refractivity contribution in [3.05, 3.63) is 46.8 Å². The van der Waals surface area contributed by atoms with Gasteiger partial charge in [-0.15, -0.1) is 11.3 Å². The van der Waals surface area contributed by atoms with Gasteiger partial charge in [-0.25, -0.2) is 8.42 Å². The molecule has 0 unspecified atom stereocenters. The molecule has 3 heterocycles. The van der Waals surface area contributed by atoms with Crippen molar-refractivity contribution < 1.29 is 8.42 Å². The van der Waals surface area contributed by atoms with Gasteiger partial charge in [0.25, 0.3) is 10.0 Å². The minimum atomic E-state index is -3.48. The molecule has 1 aromatic carbocycles. The van der Waals surface area contributed by atoms with Gasteiger partial charge in [-0.2, -0.15) is 0 Å². The molecule has 1 aromatic heterocycles. The van der Waals surface area contributed by atoms with Gasteiger partial charge in [-0.3, -0.25) is 4.31 Å². The lowest BCUT2D eigenvalue weighted by Crippen LogP contribution is -2.46. The van der Waals surface area contributed by atoms with E-state index in [9.17, 15) is 8.42 Å². The summed E-state index contributed by atoms with van der Waals surface area (Å²) in [7, 11) is -1.36. The number of benzene rings is 1. The minimum Gasteiger partial charge on any atom is -0.306 e. The maximum absolute atomic E-state index is 13.2. The lowest BCUT2D eigenvalue weighted by molar-refractivity contribution is 0.237. The van der Waals surface area contributed by atoms with Gasteiger partial charge in [0.15, 0.2) is 0 Å². The smallest absolute Gasteiger partial charge is 0.274 e. The molecule has 0 N–H and O–H groups in total. The fraction of sp³-hybridized carbons (Fsp3) is 0.412. The molecule has 2 aromatic rings. The van der Waals surface area contributed by atoms with E-state index in [1.807, 2.05) is 17.5 Å². The maximum Gasteiger partial charge on any atom is 0.274 e. The van der Waals surface area contributed by atoms with Crippen LogP contribution in [0, 0.1) is 6.92 Å². The second-order valence-electron chi connectivity index (χ2n) is 6.52. The van der Waals surface area contributed by atoms with Crippen molar-refractivity contribution in [1.82, 2.24) is 4.90 Å². The van der Waals surface area contributed by atoms with E-state index in [0.717, 1.165) is 25.2 Å². The van der Waals surface area contributed by atoms with Crippen molar-refractivity contribution in [1.29, 1.82) is 0 Å². The molecule has 1 saturated heterocycles. The quantitative estimate of drug-likeness (QED) is 0.837. The van der Waals surface area contributed by atoms with Crippen molar-refractivity contribution in [2.45, 2.75) is 29.5 Å². The molecule has 6 heteroatoms. The number of piperidine rings is 1. The summed E-state index contributed by atoms with van der Waals surface area (Å²) in [6.07, 6.45) is 0.875. The molecule has 0 bridgehead atoms. The van der Waals surface area contributed by atoms with E-state index in [4.69, 9.17) is 0 Å². The summed E-state index contributed by atoms with van der Waals surface area (Å²) < 4.78 is 28.5. The predicted molar refractivity (Wildman–Crippen MR) is 93.8 cm³/mol. The Morgan fingerprint density at radius 3 is 2.83 bits per heavy atom. The van der Waals surface area contributed by atoms with Crippen molar-refractivity contribution >= 4 is 27.0 Å². The zero-order valence-corrected chi connectivity index (χ0v) is 14.9. The number of rotatable bonds is 2. The molecule has 2 aliphatic rings. The molecule has 4 rings (SSSR count). The van der Waals surface area contributed by atoms with Gasteiger partial charge >= 0.3 is 0 Å². The molecule has 0 amide bonds. The Morgan fingerprint density at radius 1 is 1.26 bits per heavy atom. The van der Waals surface area contributed by atoms with Crippen LogP contribution in [0.15, 0.2) is 39.9 Å². The molecule has 0 radical (unpaired) electrons. The average molecular weight is 348 g/mol. The Hall–Kier alpha value is -1.37. The first-order valence-corrected chi connectivity index (χ1v) is 10.2. The van der Waals surface area contributed by atoms with Gasteiger partial charge in [0.1, 0.15) is 4.21 Å². The SMILES string of the molecule is Cc1ccc2c(c1)[C@@H]1CN(C)CC[C@@H]1N2S(=O)(=O)c1cccs1. The number of fused-ring (bicyclic) bond motifs is 3. The first kappa shape index (κ1) is 15.2. The number of sulfonamides is 1. The number of anilines is 1. The molecule has 0 spiro atoms. The summed E-state index contributed by atoms with van der Waals surface area (Å²) in [5.41, 5.74) is 3.24. The Kier molecular flexibility index (Phi) is 3.51. The lowest BCUT2D eigenvalue weighted by atomic mass is 9.89. The van der Waals surface area contributed by atoms with Crippen LogP contribution in [0.2, 0.25) is 0 Å². The van der Waals surface area contributed by atoms with Crippen LogP contribution in [0.1, 0.15) is 23.5 Å². The van der Waals surface area contributed by atoms with Crippen LogP contribution in [0.25, 0.3) is 0 Å². The third-order valence-corrected chi connectivity index (χ3v) is 8.12. The monoisotopic (exact) mass is 348 g/mol. The van der Waals surface area contributed by atoms with Crippen LogP contribution >= 0.6 is 11.3 Å². The van der Waals surface area contributed by atoms with Gasteiger partial charge in [-0.1, -0.05) is 23.8 Å². The average Bonchev–Trinajstić information content (AvgIpc) is 3.13. The van der Waals surface area contributed by atoms with Crippen LogP contribution in [0.4, 0.5) is 5.69 Å². The summed E-state index contributed by atoms with van der Waals surface area (Å²) in [4.78, 5) is 2.30. The largest absolute Gasteiger partial charge is 0.306 e. The molecule has 23 heavy (non-hydrogen) atoms. The number of hydrogen-bond acceptors (Lipinski definition) is 4. The number of thiophene rings is 1. The topological polar surface area (TPSA) is 40.6 Å². The number of likely N-dealkylation sites (N-methyl/N-ethyl adjacent to an activating group) is 1. The Bertz CT molecular complexity index is 830. The lowest BCUT2D eigenvalue weighted by Gasteiger charge is -2.36.